The van der Waals surface area contributed by atoms with Crippen LogP contribution in [0.5, 0.6) is 0 Å². The maximum Gasteiger partial charge on any atom is 0.253 e. The Morgan fingerprint density at radius 2 is 1.92 bits per heavy atom. The lowest BCUT2D eigenvalue weighted by molar-refractivity contribution is 0.0941. The van der Waals surface area contributed by atoms with Crippen LogP contribution in [0.2, 0.25) is 0 Å². The first kappa shape index (κ1) is 16.8. The van der Waals surface area contributed by atoms with Crippen molar-refractivity contribution >= 4 is 5.91 Å². The molecule has 0 atom stereocenters. The molecule has 1 aromatic heterocycles. The highest BCUT2D eigenvalue weighted by atomic mass is 16.1. The van der Waals surface area contributed by atoms with Crippen LogP contribution in [0, 0.1) is 19.8 Å². The molecule has 128 valence electrons. The summed E-state index contributed by atoms with van der Waals surface area (Å²) >= 11 is 0. The molecule has 0 aliphatic carbocycles. The average molecular weight is 325 g/mol. The minimum absolute atomic E-state index is 0.0278. The summed E-state index contributed by atoms with van der Waals surface area (Å²) in [6.07, 6.45) is 0. The van der Waals surface area contributed by atoms with E-state index in [-0.39, 0.29) is 5.91 Å². The second-order valence-corrected chi connectivity index (χ2v) is 7.10. The van der Waals surface area contributed by atoms with Crippen LogP contribution in [-0.4, -0.2) is 30.1 Å². The lowest BCUT2D eigenvalue weighted by Crippen LogP contribution is -2.48. The Bertz CT molecular complexity index is 724. The van der Waals surface area contributed by atoms with Gasteiger partial charge in [-0.25, -0.2) is 0 Å². The van der Waals surface area contributed by atoms with Crippen LogP contribution in [0.25, 0.3) is 5.69 Å². The lowest BCUT2D eigenvalue weighted by atomic mass is 10.0. The largest absolute Gasteiger partial charge is 0.352 e. The summed E-state index contributed by atoms with van der Waals surface area (Å²) in [5.41, 5.74) is 5.28. The van der Waals surface area contributed by atoms with Crippen LogP contribution in [-0.2, 0) is 0 Å². The van der Waals surface area contributed by atoms with Crippen LogP contribution >= 0.6 is 0 Å². The summed E-state index contributed by atoms with van der Waals surface area (Å²) in [5.74, 6) is 1.12. The van der Waals surface area contributed by atoms with Gasteiger partial charge in [-0.2, -0.15) is 0 Å². The van der Waals surface area contributed by atoms with Gasteiger partial charge in [0.1, 0.15) is 0 Å². The second kappa shape index (κ2) is 6.81. The van der Waals surface area contributed by atoms with E-state index in [9.17, 15) is 4.79 Å². The molecule has 0 spiro atoms. The summed E-state index contributed by atoms with van der Waals surface area (Å²) in [4.78, 5) is 12.5. The first-order valence-electron chi connectivity index (χ1n) is 8.75. The van der Waals surface area contributed by atoms with Crippen molar-refractivity contribution in [3.05, 3.63) is 52.8 Å². The van der Waals surface area contributed by atoms with E-state index in [0.717, 1.165) is 42.3 Å². The predicted molar refractivity (Wildman–Crippen MR) is 98.0 cm³/mol. The molecule has 2 heterocycles. The van der Waals surface area contributed by atoms with E-state index in [1.807, 2.05) is 13.0 Å². The van der Waals surface area contributed by atoms with Crippen molar-refractivity contribution < 1.29 is 4.79 Å². The number of aryl methyl sites for hydroxylation is 1. The topological polar surface area (TPSA) is 46.1 Å². The molecule has 3 rings (SSSR count). The number of amides is 1. The monoisotopic (exact) mass is 325 g/mol. The highest BCUT2D eigenvalue weighted by Crippen LogP contribution is 2.23. The highest BCUT2D eigenvalue weighted by molar-refractivity contribution is 5.95. The quantitative estimate of drug-likeness (QED) is 0.887. The van der Waals surface area contributed by atoms with Gasteiger partial charge < -0.3 is 15.2 Å². The molecule has 1 aliphatic rings. The van der Waals surface area contributed by atoms with E-state index >= 15 is 0 Å². The zero-order valence-electron chi connectivity index (χ0n) is 15.0. The number of hydrogen-bond donors (Lipinski definition) is 2. The molecular formula is C20H27N3O. The molecule has 4 heteroatoms. The molecule has 0 unspecified atom stereocenters. The fourth-order valence-electron chi connectivity index (χ4n) is 3.22. The van der Waals surface area contributed by atoms with Gasteiger partial charge in [-0.15, -0.1) is 0 Å². The zero-order chi connectivity index (χ0) is 17.3. The maximum absolute atomic E-state index is 12.5. The third-order valence-corrected chi connectivity index (χ3v) is 4.91. The van der Waals surface area contributed by atoms with Crippen molar-refractivity contribution in [1.82, 2.24) is 15.2 Å². The standard InChI is InChI=1S/C20H27N3O/c1-13(2)17-5-7-18(8-6-17)23-14(3)9-19(15(23)4)20(24)22-12-16-10-21-11-16/h5-9,13,16,21H,10-12H2,1-4H3,(H,22,24). The lowest BCUT2D eigenvalue weighted by Gasteiger charge is -2.27. The van der Waals surface area contributed by atoms with Gasteiger partial charge in [0, 0.05) is 42.6 Å². The fraction of sp³-hybridized carbons (Fsp3) is 0.450. The zero-order valence-corrected chi connectivity index (χ0v) is 15.0. The Balaban J connectivity index is 1.81. The van der Waals surface area contributed by atoms with E-state index in [1.165, 1.54) is 5.56 Å². The van der Waals surface area contributed by atoms with Crippen molar-refractivity contribution in [3.63, 3.8) is 0 Å². The molecule has 1 aromatic carbocycles. The van der Waals surface area contributed by atoms with Gasteiger partial charge >= 0.3 is 0 Å². The first-order chi connectivity index (χ1) is 11.5. The second-order valence-electron chi connectivity index (χ2n) is 7.10. The number of carbonyl (C=O) groups is 1. The molecule has 2 N–H and O–H groups in total. The molecule has 1 saturated heterocycles. The first-order valence-corrected chi connectivity index (χ1v) is 8.75. The van der Waals surface area contributed by atoms with Crippen molar-refractivity contribution in [3.8, 4) is 5.69 Å². The molecular weight excluding hydrogens is 298 g/mol. The number of benzene rings is 1. The number of nitrogens with zero attached hydrogens (tertiary/aromatic N) is 1. The summed E-state index contributed by atoms with van der Waals surface area (Å²) < 4.78 is 2.16. The molecule has 0 saturated carbocycles. The van der Waals surface area contributed by atoms with Gasteiger partial charge in [-0.1, -0.05) is 26.0 Å². The summed E-state index contributed by atoms with van der Waals surface area (Å²) in [6.45, 7) is 11.2. The molecule has 1 fully saturated rings. The summed E-state index contributed by atoms with van der Waals surface area (Å²) in [7, 11) is 0. The maximum atomic E-state index is 12.5. The number of carbonyl (C=O) groups excluding carboxylic acids is 1. The van der Waals surface area contributed by atoms with Crippen LogP contribution in [0.4, 0.5) is 0 Å². The normalized spacial score (nSPS) is 14.7. The molecule has 24 heavy (non-hydrogen) atoms. The third-order valence-electron chi connectivity index (χ3n) is 4.91. The van der Waals surface area contributed by atoms with Gasteiger partial charge in [-0.05, 0) is 43.5 Å². The molecule has 0 radical (unpaired) electrons. The van der Waals surface area contributed by atoms with Crippen molar-refractivity contribution in [2.75, 3.05) is 19.6 Å². The highest BCUT2D eigenvalue weighted by Gasteiger charge is 2.20. The SMILES string of the molecule is Cc1cc(C(=O)NCC2CNC2)c(C)n1-c1ccc(C(C)C)cc1. The Hall–Kier alpha value is -2.07. The minimum Gasteiger partial charge on any atom is -0.352 e. The Morgan fingerprint density at radius 3 is 2.46 bits per heavy atom. The molecule has 1 amide bonds. The van der Waals surface area contributed by atoms with Gasteiger partial charge in [-0.3, -0.25) is 4.79 Å². The number of aromatic nitrogens is 1. The van der Waals surface area contributed by atoms with E-state index in [0.29, 0.717) is 11.8 Å². The average Bonchev–Trinajstić information content (AvgIpc) is 2.80. The Kier molecular flexibility index (Phi) is 4.76. The van der Waals surface area contributed by atoms with Crippen LogP contribution in [0.3, 0.4) is 0 Å². The van der Waals surface area contributed by atoms with Gasteiger partial charge in [0.05, 0.1) is 5.56 Å². The van der Waals surface area contributed by atoms with Gasteiger partial charge in [0.25, 0.3) is 5.91 Å². The van der Waals surface area contributed by atoms with E-state index in [4.69, 9.17) is 0 Å². The number of hydrogen-bond acceptors (Lipinski definition) is 2. The van der Waals surface area contributed by atoms with Crippen LogP contribution in [0.15, 0.2) is 30.3 Å². The van der Waals surface area contributed by atoms with Crippen LogP contribution in [0.1, 0.15) is 47.1 Å². The predicted octanol–water partition coefficient (Wildman–Crippen LogP) is 3.17. The minimum atomic E-state index is 0.0278. The smallest absolute Gasteiger partial charge is 0.253 e. The van der Waals surface area contributed by atoms with E-state index in [1.54, 1.807) is 0 Å². The molecule has 4 nitrogen and oxygen atoms in total. The van der Waals surface area contributed by atoms with Crippen molar-refractivity contribution in [1.29, 1.82) is 0 Å². The van der Waals surface area contributed by atoms with Gasteiger partial charge in [0.15, 0.2) is 0 Å². The van der Waals surface area contributed by atoms with Crippen LogP contribution < -0.4 is 10.6 Å². The summed E-state index contributed by atoms with van der Waals surface area (Å²) in [5, 5.41) is 6.29. The van der Waals surface area contributed by atoms with E-state index in [2.05, 4.69) is 60.2 Å². The molecule has 0 bridgehead atoms. The molecule has 2 aromatic rings. The van der Waals surface area contributed by atoms with Crippen molar-refractivity contribution in [2.24, 2.45) is 5.92 Å². The Morgan fingerprint density at radius 1 is 1.25 bits per heavy atom. The summed E-state index contributed by atoms with van der Waals surface area (Å²) in [6, 6.07) is 10.6. The number of nitrogens with one attached hydrogen (secondary N) is 2. The van der Waals surface area contributed by atoms with Crippen molar-refractivity contribution in [2.45, 2.75) is 33.6 Å². The Labute approximate surface area is 144 Å². The third kappa shape index (κ3) is 3.24. The molecule has 1 aliphatic heterocycles. The van der Waals surface area contributed by atoms with E-state index < -0.39 is 0 Å². The number of rotatable bonds is 5. The van der Waals surface area contributed by atoms with Gasteiger partial charge in [0.2, 0.25) is 0 Å². The fourth-order valence-corrected chi connectivity index (χ4v) is 3.22.